The van der Waals surface area contributed by atoms with Gasteiger partial charge in [0.05, 0.1) is 12.0 Å². The van der Waals surface area contributed by atoms with E-state index in [2.05, 4.69) is 10.2 Å². The van der Waals surface area contributed by atoms with Gasteiger partial charge >= 0.3 is 0 Å². The maximum absolute atomic E-state index is 13.4. The third-order valence-corrected chi connectivity index (χ3v) is 7.92. The van der Waals surface area contributed by atoms with Gasteiger partial charge in [0.15, 0.2) is 0 Å². The van der Waals surface area contributed by atoms with Crippen molar-refractivity contribution in [2.45, 2.75) is 51.2 Å². The predicted octanol–water partition coefficient (Wildman–Crippen LogP) is 1.80. The molecule has 0 spiro atoms. The molecule has 2 saturated heterocycles. The summed E-state index contributed by atoms with van der Waals surface area (Å²) in [5, 5.41) is 13.6. The fourth-order valence-corrected chi connectivity index (χ4v) is 6.01. The molecule has 2 N–H and O–H groups in total. The maximum atomic E-state index is 13.4. The summed E-state index contributed by atoms with van der Waals surface area (Å²) in [5.74, 6) is 0.623. The normalized spacial score (nSPS) is 30.6. The zero-order valence-corrected chi connectivity index (χ0v) is 18.9. The molecule has 1 aromatic heterocycles. The van der Waals surface area contributed by atoms with Crippen LogP contribution < -0.4 is 10.9 Å². The molecule has 0 unspecified atom stereocenters. The largest absolute Gasteiger partial charge is 0.396 e. The first-order chi connectivity index (χ1) is 15.6. The summed E-state index contributed by atoms with van der Waals surface area (Å²) in [4.78, 5) is 29.1. The van der Waals surface area contributed by atoms with E-state index < -0.39 is 0 Å². The Morgan fingerprint density at radius 2 is 2.00 bits per heavy atom. The minimum Gasteiger partial charge on any atom is -0.396 e. The summed E-state index contributed by atoms with van der Waals surface area (Å²) < 4.78 is 7.42. The highest BCUT2D eigenvalue weighted by Crippen LogP contribution is 2.49. The standard InChI is InChI=1S/C25H35N3O4/c1-2-3-18-6-7-20-23-22(24(30)26-12-16-4-5-16)19(15-29)21(14-28(20)25(18)31)27(23)13-17-8-10-32-11-9-17/h2-3,6-7,16-17,19,21-23,29H,4-5,8-15H2,1H3,(H,26,30)/b3-2+/t19-,21-,22+,23+/m0/s1. The number of fused-ring (bicyclic) bond motifs is 4. The van der Waals surface area contributed by atoms with Crippen LogP contribution >= 0.6 is 0 Å². The Hall–Kier alpha value is -1.96. The number of hydrogen-bond acceptors (Lipinski definition) is 5. The van der Waals surface area contributed by atoms with Gasteiger partial charge in [-0.15, -0.1) is 0 Å². The van der Waals surface area contributed by atoms with E-state index in [1.165, 1.54) is 12.8 Å². The number of hydrogen-bond donors (Lipinski definition) is 2. The number of ether oxygens (including phenoxy) is 1. The Morgan fingerprint density at radius 1 is 1.22 bits per heavy atom. The minimum absolute atomic E-state index is 0.00274. The number of carbonyl (C=O) groups is 1. The van der Waals surface area contributed by atoms with Crippen LogP contribution in [-0.2, 0) is 16.1 Å². The van der Waals surface area contributed by atoms with E-state index in [9.17, 15) is 14.7 Å². The van der Waals surface area contributed by atoms with Crippen LogP contribution in [-0.4, -0.2) is 59.4 Å². The van der Waals surface area contributed by atoms with Crippen molar-refractivity contribution in [3.63, 3.8) is 0 Å². The lowest BCUT2D eigenvalue weighted by Gasteiger charge is -2.40. The summed E-state index contributed by atoms with van der Waals surface area (Å²) in [5.41, 5.74) is 1.58. The number of amides is 1. The Morgan fingerprint density at radius 3 is 2.69 bits per heavy atom. The number of pyridine rings is 1. The van der Waals surface area contributed by atoms with Crippen molar-refractivity contribution in [1.29, 1.82) is 0 Å². The minimum atomic E-state index is -0.343. The fraction of sp³-hybridized carbons (Fsp3) is 0.680. The molecule has 7 nitrogen and oxygen atoms in total. The van der Waals surface area contributed by atoms with Crippen molar-refractivity contribution in [3.05, 3.63) is 39.8 Å². The topological polar surface area (TPSA) is 83.8 Å². The van der Waals surface area contributed by atoms with Crippen LogP contribution in [0.4, 0.5) is 0 Å². The van der Waals surface area contributed by atoms with Gasteiger partial charge in [0.25, 0.3) is 5.56 Å². The van der Waals surface area contributed by atoms with Gasteiger partial charge in [0.1, 0.15) is 0 Å². The van der Waals surface area contributed by atoms with Crippen LogP contribution in [0.3, 0.4) is 0 Å². The summed E-state index contributed by atoms with van der Waals surface area (Å²) in [7, 11) is 0. The van der Waals surface area contributed by atoms with Crippen LogP contribution in [0.2, 0.25) is 0 Å². The summed E-state index contributed by atoms with van der Waals surface area (Å²) in [6.07, 6.45) is 8.12. The maximum Gasteiger partial charge on any atom is 0.258 e. The quantitative estimate of drug-likeness (QED) is 0.674. The van der Waals surface area contributed by atoms with Crippen LogP contribution in [0.5, 0.6) is 0 Å². The average molecular weight is 442 g/mol. The second-order valence-electron chi connectivity index (χ2n) is 9.95. The Labute approximate surface area is 189 Å². The lowest BCUT2D eigenvalue weighted by Crippen LogP contribution is -2.48. The van der Waals surface area contributed by atoms with E-state index in [0.29, 0.717) is 23.9 Å². The van der Waals surface area contributed by atoms with E-state index in [1.54, 1.807) is 0 Å². The predicted molar refractivity (Wildman–Crippen MR) is 122 cm³/mol. The summed E-state index contributed by atoms with van der Waals surface area (Å²) >= 11 is 0. The van der Waals surface area contributed by atoms with Crippen LogP contribution in [0.15, 0.2) is 23.0 Å². The van der Waals surface area contributed by atoms with Gasteiger partial charge in [-0.05, 0) is 56.6 Å². The first kappa shape index (κ1) is 21.9. The van der Waals surface area contributed by atoms with Gasteiger partial charge in [-0.1, -0.05) is 12.2 Å². The zero-order chi connectivity index (χ0) is 22.2. The van der Waals surface area contributed by atoms with Gasteiger partial charge in [0, 0.05) is 62.7 Å². The SMILES string of the molecule is C/C=C/c1ccc2n(c1=O)C[C@H]1[C@H](CO)[C@@H](C(=O)NCC3CC3)[C@@H]2N1CC1CCOCC1. The van der Waals surface area contributed by atoms with Crippen molar-refractivity contribution in [3.8, 4) is 0 Å². The lowest BCUT2D eigenvalue weighted by molar-refractivity contribution is -0.127. The van der Waals surface area contributed by atoms with Crippen LogP contribution in [0, 0.1) is 23.7 Å². The molecule has 0 aromatic carbocycles. The molecule has 1 saturated carbocycles. The third-order valence-electron chi connectivity index (χ3n) is 7.92. The van der Waals surface area contributed by atoms with Crippen molar-refractivity contribution < 1.29 is 14.6 Å². The molecule has 174 valence electrons. The smallest absolute Gasteiger partial charge is 0.258 e. The summed E-state index contributed by atoms with van der Waals surface area (Å²) in [6.45, 7) is 5.56. The van der Waals surface area contributed by atoms with Crippen LogP contribution in [0.25, 0.3) is 6.08 Å². The molecule has 0 radical (unpaired) electrons. The van der Waals surface area contributed by atoms with E-state index >= 15 is 0 Å². The number of allylic oxidation sites excluding steroid dienone is 1. The highest BCUT2D eigenvalue weighted by Gasteiger charge is 2.56. The van der Waals surface area contributed by atoms with Crippen molar-refractivity contribution >= 4 is 12.0 Å². The van der Waals surface area contributed by atoms with E-state index in [0.717, 1.165) is 44.8 Å². The number of rotatable bonds is 7. The molecular weight excluding hydrogens is 406 g/mol. The van der Waals surface area contributed by atoms with E-state index in [-0.39, 0.29) is 42.0 Å². The summed E-state index contributed by atoms with van der Waals surface area (Å²) in [6, 6.07) is 3.71. The Balaban J connectivity index is 1.51. The van der Waals surface area contributed by atoms with Gasteiger partial charge in [-0.25, -0.2) is 0 Å². The van der Waals surface area contributed by atoms with Gasteiger partial charge in [-0.2, -0.15) is 0 Å². The van der Waals surface area contributed by atoms with Gasteiger partial charge in [-0.3, -0.25) is 14.5 Å². The molecule has 7 heteroatoms. The second-order valence-corrected chi connectivity index (χ2v) is 9.95. The highest BCUT2D eigenvalue weighted by atomic mass is 16.5. The van der Waals surface area contributed by atoms with E-state index in [4.69, 9.17) is 4.74 Å². The first-order valence-corrected chi connectivity index (χ1v) is 12.2. The molecule has 1 aromatic rings. The number of aliphatic hydroxyl groups excluding tert-OH is 1. The van der Waals surface area contributed by atoms with E-state index in [1.807, 2.05) is 35.8 Å². The van der Waals surface area contributed by atoms with Crippen molar-refractivity contribution in [2.75, 3.05) is 32.9 Å². The van der Waals surface area contributed by atoms with Crippen LogP contribution in [0.1, 0.15) is 49.9 Å². The molecule has 4 aliphatic rings. The molecule has 1 aliphatic carbocycles. The Bertz CT molecular complexity index is 932. The average Bonchev–Trinajstić information content (AvgIpc) is 3.60. The molecule has 1 amide bonds. The van der Waals surface area contributed by atoms with Crippen molar-refractivity contribution in [1.82, 2.24) is 14.8 Å². The molecule has 4 atom stereocenters. The Kier molecular flexibility index (Phi) is 6.23. The van der Waals surface area contributed by atoms with Gasteiger partial charge in [0.2, 0.25) is 5.91 Å². The molecule has 3 fully saturated rings. The molecule has 2 bridgehead atoms. The molecule has 32 heavy (non-hydrogen) atoms. The lowest BCUT2D eigenvalue weighted by atomic mass is 9.86. The third kappa shape index (κ3) is 3.95. The number of nitrogens with zero attached hydrogens (tertiary/aromatic N) is 2. The monoisotopic (exact) mass is 441 g/mol. The second kappa shape index (κ2) is 9.12. The molecule has 4 heterocycles. The molecule has 3 aliphatic heterocycles. The zero-order valence-electron chi connectivity index (χ0n) is 18.9. The first-order valence-electron chi connectivity index (χ1n) is 12.2. The molecule has 5 rings (SSSR count). The van der Waals surface area contributed by atoms with Gasteiger partial charge < -0.3 is 19.7 Å². The number of nitrogens with one attached hydrogen (secondary N) is 1. The number of carbonyl (C=O) groups excluding carboxylic acids is 1. The van der Waals surface area contributed by atoms with Crippen molar-refractivity contribution in [2.24, 2.45) is 23.7 Å². The fourth-order valence-electron chi connectivity index (χ4n) is 6.01. The highest BCUT2D eigenvalue weighted by molar-refractivity contribution is 5.80. The number of aromatic nitrogens is 1. The number of aliphatic hydroxyl groups is 1. The molecular formula is C25H35N3O4.